The van der Waals surface area contributed by atoms with E-state index in [2.05, 4.69) is 0 Å². The van der Waals surface area contributed by atoms with Crippen LogP contribution < -0.4 is 0 Å². The summed E-state index contributed by atoms with van der Waals surface area (Å²) in [6.07, 6.45) is 0. The van der Waals surface area contributed by atoms with Crippen molar-refractivity contribution in [1.82, 2.24) is 0 Å². The molecule has 0 aliphatic carbocycles. The Labute approximate surface area is 78.6 Å². The molecule has 0 unspecified atom stereocenters. The first-order chi connectivity index (χ1) is 6.56. The SMILES string of the molecule is [O]Cc1cc([N+](=O)[O-])ccc1C(=O)O. The van der Waals surface area contributed by atoms with Crippen LogP contribution in [0.15, 0.2) is 18.2 Å². The maximum Gasteiger partial charge on any atom is 0.336 e. The second kappa shape index (κ2) is 3.84. The van der Waals surface area contributed by atoms with E-state index in [1.54, 1.807) is 0 Å². The lowest BCUT2D eigenvalue weighted by Crippen LogP contribution is -2.02. The lowest BCUT2D eigenvalue weighted by Gasteiger charge is -2.00. The van der Waals surface area contributed by atoms with Crippen molar-refractivity contribution < 1.29 is 19.9 Å². The molecule has 0 fully saturated rings. The summed E-state index contributed by atoms with van der Waals surface area (Å²) in [5, 5.41) is 29.5. The van der Waals surface area contributed by atoms with E-state index in [9.17, 15) is 20.0 Å². The molecule has 0 saturated carbocycles. The van der Waals surface area contributed by atoms with Gasteiger partial charge in [0.05, 0.1) is 10.5 Å². The van der Waals surface area contributed by atoms with Gasteiger partial charge in [0, 0.05) is 17.7 Å². The van der Waals surface area contributed by atoms with Crippen LogP contribution in [0, 0.1) is 10.1 Å². The van der Waals surface area contributed by atoms with Crippen molar-refractivity contribution in [3.05, 3.63) is 39.4 Å². The average molecular weight is 196 g/mol. The van der Waals surface area contributed by atoms with Gasteiger partial charge in [-0.2, -0.15) is 0 Å². The van der Waals surface area contributed by atoms with Gasteiger partial charge < -0.3 is 5.11 Å². The van der Waals surface area contributed by atoms with E-state index in [1.807, 2.05) is 0 Å². The Morgan fingerprint density at radius 1 is 1.50 bits per heavy atom. The van der Waals surface area contributed by atoms with Gasteiger partial charge in [-0.15, -0.1) is 0 Å². The second-order valence-corrected chi connectivity index (χ2v) is 2.55. The third-order valence-electron chi connectivity index (χ3n) is 1.69. The molecule has 1 N–H and O–H groups in total. The average Bonchev–Trinajstić information content (AvgIpc) is 2.16. The molecule has 6 heteroatoms. The third-order valence-corrected chi connectivity index (χ3v) is 1.69. The van der Waals surface area contributed by atoms with E-state index in [0.29, 0.717) is 0 Å². The Kier molecular flexibility index (Phi) is 2.78. The number of carboxylic acids is 1. The van der Waals surface area contributed by atoms with Crippen LogP contribution in [0.5, 0.6) is 0 Å². The minimum Gasteiger partial charge on any atom is -0.478 e. The van der Waals surface area contributed by atoms with Gasteiger partial charge in [0.1, 0.15) is 6.61 Å². The summed E-state index contributed by atoms with van der Waals surface area (Å²) >= 11 is 0. The minimum atomic E-state index is -1.26. The van der Waals surface area contributed by atoms with Gasteiger partial charge in [-0.25, -0.2) is 9.90 Å². The number of carbonyl (C=O) groups is 1. The molecule has 0 spiro atoms. The molecule has 6 nitrogen and oxygen atoms in total. The summed E-state index contributed by atoms with van der Waals surface area (Å²) in [4.78, 5) is 20.2. The zero-order valence-corrected chi connectivity index (χ0v) is 6.97. The summed E-state index contributed by atoms with van der Waals surface area (Å²) in [5.74, 6) is -1.26. The molecule has 1 aromatic carbocycles. The quantitative estimate of drug-likeness (QED) is 0.580. The highest BCUT2D eigenvalue weighted by Gasteiger charge is 2.14. The number of hydrogen-bond donors (Lipinski definition) is 1. The minimum absolute atomic E-state index is 0.0771. The van der Waals surface area contributed by atoms with Gasteiger partial charge in [-0.05, 0) is 6.07 Å². The van der Waals surface area contributed by atoms with Crippen molar-refractivity contribution in [3.63, 3.8) is 0 Å². The second-order valence-electron chi connectivity index (χ2n) is 2.55. The Morgan fingerprint density at radius 2 is 2.14 bits per heavy atom. The first kappa shape index (κ1) is 10.1. The molecule has 0 amide bonds. The van der Waals surface area contributed by atoms with E-state index < -0.39 is 17.5 Å². The number of hydrogen-bond acceptors (Lipinski definition) is 3. The van der Waals surface area contributed by atoms with E-state index >= 15 is 0 Å². The number of carboxylic acid groups (broad SMARTS) is 1. The molecule has 0 bridgehead atoms. The van der Waals surface area contributed by atoms with E-state index in [0.717, 1.165) is 18.2 Å². The Morgan fingerprint density at radius 3 is 2.57 bits per heavy atom. The summed E-state index contributed by atoms with van der Waals surface area (Å²) in [6, 6.07) is 3.10. The molecular formula is C8H6NO5. The van der Waals surface area contributed by atoms with Crippen LogP contribution in [-0.4, -0.2) is 16.0 Å². The molecule has 0 saturated heterocycles. The first-order valence-corrected chi connectivity index (χ1v) is 3.65. The molecule has 1 rings (SSSR count). The Balaban J connectivity index is 3.25. The summed E-state index contributed by atoms with van der Waals surface area (Å²) in [6.45, 7) is -0.788. The maximum atomic E-state index is 10.6. The molecule has 0 atom stereocenters. The van der Waals surface area contributed by atoms with Crippen LogP contribution >= 0.6 is 0 Å². The smallest absolute Gasteiger partial charge is 0.336 e. The monoisotopic (exact) mass is 196 g/mol. The Hall–Kier alpha value is -1.95. The largest absolute Gasteiger partial charge is 0.478 e. The Bertz CT molecular complexity index is 387. The molecule has 0 aliphatic rings. The van der Waals surface area contributed by atoms with Gasteiger partial charge in [0.25, 0.3) is 5.69 Å². The zero-order valence-electron chi connectivity index (χ0n) is 6.97. The highest BCUT2D eigenvalue weighted by molar-refractivity contribution is 5.89. The normalized spacial score (nSPS) is 9.79. The fourth-order valence-electron chi connectivity index (χ4n) is 1.02. The number of benzene rings is 1. The molecular weight excluding hydrogens is 190 g/mol. The number of rotatable bonds is 3. The van der Waals surface area contributed by atoms with Crippen molar-refractivity contribution in [2.45, 2.75) is 6.61 Å². The maximum absolute atomic E-state index is 10.6. The van der Waals surface area contributed by atoms with Crippen LogP contribution in [0.1, 0.15) is 15.9 Å². The number of nitro benzene ring substituents is 1. The fraction of sp³-hybridized carbons (Fsp3) is 0.125. The molecule has 0 aromatic heterocycles. The highest BCUT2D eigenvalue weighted by atomic mass is 16.6. The predicted octanol–water partition coefficient (Wildman–Crippen LogP) is 1.22. The number of aromatic carboxylic acids is 1. The fourth-order valence-corrected chi connectivity index (χ4v) is 1.02. The van der Waals surface area contributed by atoms with Gasteiger partial charge in [0.2, 0.25) is 0 Å². The molecule has 14 heavy (non-hydrogen) atoms. The zero-order chi connectivity index (χ0) is 10.7. The van der Waals surface area contributed by atoms with Crippen molar-refractivity contribution in [2.24, 2.45) is 0 Å². The van der Waals surface area contributed by atoms with Gasteiger partial charge >= 0.3 is 5.97 Å². The van der Waals surface area contributed by atoms with Crippen LogP contribution in [0.4, 0.5) is 5.69 Å². The lowest BCUT2D eigenvalue weighted by molar-refractivity contribution is -0.385. The number of nitro groups is 1. The number of nitrogens with zero attached hydrogens (tertiary/aromatic N) is 1. The van der Waals surface area contributed by atoms with Crippen molar-refractivity contribution >= 4 is 11.7 Å². The van der Waals surface area contributed by atoms with Crippen LogP contribution in [-0.2, 0) is 11.7 Å². The summed E-state index contributed by atoms with van der Waals surface area (Å²) in [5.41, 5.74) is -0.543. The van der Waals surface area contributed by atoms with Crippen molar-refractivity contribution in [2.75, 3.05) is 0 Å². The van der Waals surface area contributed by atoms with Crippen LogP contribution in [0.2, 0.25) is 0 Å². The molecule has 0 aliphatic heterocycles. The van der Waals surface area contributed by atoms with Crippen LogP contribution in [0.25, 0.3) is 0 Å². The summed E-state index contributed by atoms with van der Waals surface area (Å²) in [7, 11) is 0. The number of non-ortho nitro benzene ring substituents is 1. The van der Waals surface area contributed by atoms with Gasteiger partial charge in [-0.3, -0.25) is 10.1 Å². The first-order valence-electron chi connectivity index (χ1n) is 3.65. The molecule has 0 heterocycles. The standard InChI is InChI=1S/C8H6NO5/c10-4-5-3-6(9(13)14)1-2-7(5)8(11)12/h1-3H,4H2,(H,11,12). The van der Waals surface area contributed by atoms with Gasteiger partial charge in [-0.1, -0.05) is 0 Å². The van der Waals surface area contributed by atoms with Gasteiger partial charge in [0.15, 0.2) is 0 Å². The van der Waals surface area contributed by atoms with Crippen molar-refractivity contribution in [3.8, 4) is 0 Å². The summed E-state index contributed by atoms with van der Waals surface area (Å²) < 4.78 is 0. The third kappa shape index (κ3) is 1.86. The molecule has 1 aromatic rings. The van der Waals surface area contributed by atoms with E-state index in [4.69, 9.17) is 5.11 Å². The van der Waals surface area contributed by atoms with Crippen LogP contribution in [0.3, 0.4) is 0 Å². The molecule has 73 valence electrons. The highest BCUT2D eigenvalue weighted by Crippen LogP contribution is 2.17. The van der Waals surface area contributed by atoms with Crippen molar-refractivity contribution in [1.29, 1.82) is 0 Å². The molecule has 1 radical (unpaired) electrons. The van der Waals surface area contributed by atoms with E-state index in [-0.39, 0.29) is 16.8 Å². The topological polar surface area (TPSA) is 100 Å². The lowest BCUT2D eigenvalue weighted by atomic mass is 10.1. The predicted molar refractivity (Wildman–Crippen MR) is 44.4 cm³/mol. The van der Waals surface area contributed by atoms with E-state index in [1.165, 1.54) is 0 Å².